The van der Waals surface area contributed by atoms with E-state index in [0.29, 0.717) is 6.10 Å². The Kier molecular flexibility index (Phi) is 5.67. The Balaban J connectivity index is 1.93. The lowest BCUT2D eigenvalue weighted by molar-refractivity contribution is 0.00744. The fraction of sp³-hybridized carbons (Fsp3) is 0.600. The smallest absolute Gasteiger partial charge is 0.122 e. The van der Waals surface area contributed by atoms with Crippen molar-refractivity contribution in [2.75, 3.05) is 13.7 Å². The number of halogens is 1. The van der Waals surface area contributed by atoms with E-state index in [1.807, 2.05) is 12.1 Å². The van der Waals surface area contributed by atoms with Crippen LogP contribution in [0, 0.1) is 0 Å². The molecule has 2 rings (SSSR count). The van der Waals surface area contributed by atoms with Crippen LogP contribution in [0.25, 0.3) is 0 Å². The quantitative estimate of drug-likeness (QED) is 0.902. The highest BCUT2D eigenvalue weighted by Gasteiger charge is 2.18. The van der Waals surface area contributed by atoms with Gasteiger partial charge < -0.3 is 15.2 Å². The summed E-state index contributed by atoms with van der Waals surface area (Å²) in [6.45, 7) is 0.887. The number of rotatable bonds is 5. The van der Waals surface area contributed by atoms with E-state index in [2.05, 4.69) is 22.0 Å². The Morgan fingerprint density at radius 2 is 2.32 bits per heavy atom. The molecular formula is C15H22BrNO2. The van der Waals surface area contributed by atoms with Gasteiger partial charge >= 0.3 is 0 Å². The van der Waals surface area contributed by atoms with Gasteiger partial charge in [-0.3, -0.25) is 0 Å². The molecule has 19 heavy (non-hydrogen) atoms. The van der Waals surface area contributed by atoms with E-state index < -0.39 is 0 Å². The van der Waals surface area contributed by atoms with Crippen molar-refractivity contribution in [2.24, 2.45) is 5.73 Å². The topological polar surface area (TPSA) is 44.5 Å². The van der Waals surface area contributed by atoms with Crippen LogP contribution in [-0.4, -0.2) is 25.9 Å². The number of hydrogen-bond donors (Lipinski definition) is 1. The molecule has 4 heteroatoms. The number of methoxy groups -OCH3 is 1. The maximum atomic E-state index is 6.26. The summed E-state index contributed by atoms with van der Waals surface area (Å²) in [5.41, 5.74) is 7.41. The average Bonchev–Trinajstić information content (AvgIpc) is 2.40. The van der Waals surface area contributed by atoms with E-state index in [1.165, 1.54) is 12.8 Å². The maximum Gasteiger partial charge on any atom is 0.122 e. The largest absolute Gasteiger partial charge is 0.496 e. The standard InChI is InChI=1S/C15H22BrNO2/c1-18-15-6-5-12(16)8-11(15)9-13(17)10-14-4-2-3-7-19-14/h5-6,8,13-14H,2-4,7,9-10,17H2,1H3. The van der Waals surface area contributed by atoms with E-state index in [4.69, 9.17) is 15.2 Å². The van der Waals surface area contributed by atoms with Gasteiger partial charge in [0.25, 0.3) is 0 Å². The summed E-state index contributed by atoms with van der Waals surface area (Å²) < 4.78 is 12.2. The lowest BCUT2D eigenvalue weighted by atomic mass is 9.97. The molecule has 0 aliphatic carbocycles. The summed E-state index contributed by atoms with van der Waals surface area (Å²) >= 11 is 3.49. The van der Waals surface area contributed by atoms with Crippen molar-refractivity contribution in [3.05, 3.63) is 28.2 Å². The lowest BCUT2D eigenvalue weighted by Gasteiger charge is -2.25. The molecule has 0 saturated carbocycles. The molecule has 2 atom stereocenters. The van der Waals surface area contributed by atoms with E-state index in [-0.39, 0.29) is 6.04 Å². The second-order valence-corrected chi connectivity index (χ2v) is 6.06. The van der Waals surface area contributed by atoms with Gasteiger partial charge in [0.15, 0.2) is 0 Å². The predicted octanol–water partition coefficient (Wildman–Crippen LogP) is 3.29. The van der Waals surface area contributed by atoms with Crippen LogP contribution in [0.5, 0.6) is 5.75 Å². The summed E-state index contributed by atoms with van der Waals surface area (Å²) in [6, 6.07) is 6.16. The Morgan fingerprint density at radius 3 is 3.00 bits per heavy atom. The first-order valence-corrected chi connectivity index (χ1v) is 7.68. The van der Waals surface area contributed by atoms with Crippen molar-refractivity contribution >= 4 is 15.9 Å². The van der Waals surface area contributed by atoms with Gasteiger partial charge in [-0.1, -0.05) is 15.9 Å². The zero-order chi connectivity index (χ0) is 13.7. The van der Waals surface area contributed by atoms with Crippen LogP contribution in [0.2, 0.25) is 0 Å². The van der Waals surface area contributed by atoms with Crippen molar-refractivity contribution in [2.45, 2.75) is 44.2 Å². The third kappa shape index (κ3) is 4.48. The van der Waals surface area contributed by atoms with Crippen molar-refractivity contribution in [1.82, 2.24) is 0 Å². The minimum absolute atomic E-state index is 0.117. The molecule has 0 amide bonds. The molecule has 0 spiro atoms. The lowest BCUT2D eigenvalue weighted by Crippen LogP contribution is -2.31. The van der Waals surface area contributed by atoms with Gasteiger partial charge in [0.2, 0.25) is 0 Å². The highest BCUT2D eigenvalue weighted by atomic mass is 79.9. The molecule has 0 bridgehead atoms. The van der Waals surface area contributed by atoms with Gasteiger partial charge in [-0.2, -0.15) is 0 Å². The van der Waals surface area contributed by atoms with Crippen molar-refractivity contribution in [1.29, 1.82) is 0 Å². The first kappa shape index (κ1) is 14.8. The molecule has 1 aromatic carbocycles. The SMILES string of the molecule is COc1ccc(Br)cc1CC(N)CC1CCCCO1. The Bertz CT molecular complexity index is 405. The van der Waals surface area contributed by atoms with Crippen LogP contribution in [-0.2, 0) is 11.2 Å². The molecule has 2 N–H and O–H groups in total. The van der Waals surface area contributed by atoms with Crippen molar-refractivity contribution in [3.8, 4) is 5.75 Å². The average molecular weight is 328 g/mol. The summed E-state index contributed by atoms with van der Waals surface area (Å²) in [6.07, 6.45) is 5.67. The fourth-order valence-electron chi connectivity index (χ4n) is 2.60. The maximum absolute atomic E-state index is 6.26. The molecule has 1 heterocycles. The highest BCUT2D eigenvalue weighted by Crippen LogP contribution is 2.25. The summed E-state index contributed by atoms with van der Waals surface area (Å²) in [4.78, 5) is 0. The van der Waals surface area contributed by atoms with Crippen molar-refractivity contribution < 1.29 is 9.47 Å². The number of ether oxygens (including phenoxy) is 2. The number of hydrogen-bond acceptors (Lipinski definition) is 3. The van der Waals surface area contributed by atoms with Gasteiger partial charge in [0.05, 0.1) is 13.2 Å². The van der Waals surface area contributed by atoms with Crippen LogP contribution >= 0.6 is 15.9 Å². The minimum Gasteiger partial charge on any atom is -0.496 e. The van der Waals surface area contributed by atoms with Gasteiger partial charge in [0, 0.05) is 17.1 Å². The molecule has 0 radical (unpaired) electrons. The third-order valence-corrected chi connectivity index (χ3v) is 4.06. The summed E-state index contributed by atoms with van der Waals surface area (Å²) in [5.74, 6) is 0.906. The first-order chi connectivity index (χ1) is 9.19. The normalized spacial score (nSPS) is 21.1. The second-order valence-electron chi connectivity index (χ2n) is 5.14. The zero-order valence-electron chi connectivity index (χ0n) is 11.4. The Labute approximate surface area is 123 Å². The van der Waals surface area contributed by atoms with Crippen molar-refractivity contribution in [3.63, 3.8) is 0 Å². The zero-order valence-corrected chi connectivity index (χ0v) is 13.0. The molecule has 1 fully saturated rings. The van der Waals surface area contributed by atoms with Gasteiger partial charge in [-0.15, -0.1) is 0 Å². The molecule has 0 aromatic heterocycles. The number of nitrogens with two attached hydrogens (primary N) is 1. The van der Waals surface area contributed by atoms with Gasteiger partial charge in [0.1, 0.15) is 5.75 Å². The molecule has 1 aromatic rings. The highest BCUT2D eigenvalue weighted by molar-refractivity contribution is 9.10. The van der Waals surface area contributed by atoms with Crippen LogP contribution in [0.4, 0.5) is 0 Å². The first-order valence-electron chi connectivity index (χ1n) is 6.88. The molecule has 1 saturated heterocycles. The Morgan fingerprint density at radius 1 is 1.47 bits per heavy atom. The molecular weight excluding hydrogens is 306 g/mol. The second kappa shape index (κ2) is 7.27. The van der Waals surface area contributed by atoms with Gasteiger partial charge in [-0.25, -0.2) is 0 Å². The van der Waals surface area contributed by atoms with Crippen LogP contribution in [0.15, 0.2) is 22.7 Å². The molecule has 106 valence electrons. The molecule has 2 unspecified atom stereocenters. The molecule has 1 aliphatic rings. The Hall–Kier alpha value is -0.580. The molecule has 3 nitrogen and oxygen atoms in total. The van der Waals surface area contributed by atoms with E-state index in [1.54, 1.807) is 7.11 Å². The fourth-order valence-corrected chi connectivity index (χ4v) is 3.01. The van der Waals surface area contributed by atoms with E-state index >= 15 is 0 Å². The number of benzene rings is 1. The predicted molar refractivity (Wildman–Crippen MR) is 80.6 cm³/mol. The van der Waals surface area contributed by atoms with E-state index in [0.717, 1.165) is 41.7 Å². The third-order valence-electron chi connectivity index (χ3n) is 3.56. The minimum atomic E-state index is 0.117. The molecule has 1 aliphatic heterocycles. The van der Waals surface area contributed by atoms with Crippen LogP contribution < -0.4 is 10.5 Å². The monoisotopic (exact) mass is 327 g/mol. The van der Waals surface area contributed by atoms with E-state index in [9.17, 15) is 0 Å². The summed E-state index contributed by atoms with van der Waals surface area (Å²) in [7, 11) is 1.70. The van der Waals surface area contributed by atoms with Crippen LogP contribution in [0.1, 0.15) is 31.2 Å². The van der Waals surface area contributed by atoms with Crippen LogP contribution in [0.3, 0.4) is 0 Å². The summed E-state index contributed by atoms with van der Waals surface area (Å²) in [5, 5.41) is 0. The van der Waals surface area contributed by atoms with Gasteiger partial charge in [-0.05, 0) is 55.9 Å².